The van der Waals surface area contributed by atoms with E-state index in [2.05, 4.69) is 20.8 Å². The summed E-state index contributed by atoms with van der Waals surface area (Å²) >= 11 is 0. The predicted molar refractivity (Wildman–Crippen MR) is 88.4 cm³/mol. The van der Waals surface area contributed by atoms with Crippen LogP contribution in [-0.4, -0.2) is 22.4 Å². The summed E-state index contributed by atoms with van der Waals surface area (Å²) in [6.07, 6.45) is 11.2. The quantitative estimate of drug-likeness (QED) is 0.764. The number of aliphatic hydroxyl groups excluding tert-OH is 1. The Morgan fingerprint density at radius 1 is 0.909 bits per heavy atom. The van der Waals surface area contributed by atoms with E-state index in [9.17, 15) is 10.2 Å². The molecule has 0 radical (unpaired) electrons. The Morgan fingerprint density at radius 2 is 1.68 bits per heavy atom. The summed E-state index contributed by atoms with van der Waals surface area (Å²) in [7, 11) is 0. The van der Waals surface area contributed by atoms with Crippen molar-refractivity contribution in [2.45, 2.75) is 84.2 Å². The summed E-state index contributed by atoms with van der Waals surface area (Å²) in [4.78, 5) is 0. The van der Waals surface area contributed by atoms with Gasteiger partial charge in [0.2, 0.25) is 0 Å². The lowest BCUT2D eigenvalue weighted by Crippen LogP contribution is -2.61. The molecule has 7 atom stereocenters. The second-order valence-corrected chi connectivity index (χ2v) is 10.1. The van der Waals surface area contributed by atoms with Crippen molar-refractivity contribution in [2.24, 2.45) is 34.0 Å². The Labute approximate surface area is 135 Å². The Morgan fingerprint density at radius 3 is 2.41 bits per heavy atom. The minimum absolute atomic E-state index is 0.130. The normalized spacial score (nSPS) is 60.7. The van der Waals surface area contributed by atoms with E-state index in [0.29, 0.717) is 35.2 Å². The summed E-state index contributed by atoms with van der Waals surface area (Å²) in [5.74, 6) is 1.90. The Hall–Kier alpha value is -0.0800. The van der Waals surface area contributed by atoms with Crippen LogP contribution in [0.15, 0.2) is 0 Å². The van der Waals surface area contributed by atoms with Crippen molar-refractivity contribution in [1.82, 2.24) is 0 Å². The van der Waals surface area contributed by atoms with Crippen LogP contribution in [0.5, 0.6) is 0 Å². The average molecular weight is 306 g/mol. The first-order valence-corrected chi connectivity index (χ1v) is 9.61. The van der Waals surface area contributed by atoms with Crippen LogP contribution in [0.1, 0.15) is 78.6 Å². The minimum Gasteiger partial charge on any atom is -0.396 e. The largest absolute Gasteiger partial charge is 0.396 e. The number of fused-ring (bicyclic) bond motifs is 2. The molecule has 0 amide bonds. The molecular formula is C20H34O2. The molecule has 4 fully saturated rings. The molecule has 0 aromatic rings. The number of hydrogen-bond acceptors (Lipinski definition) is 2. The Kier molecular flexibility index (Phi) is 3.16. The summed E-state index contributed by atoms with van der Waals surface area (Å²) in [5.41, 5.74) is 0.546. The van der Waals surface area contributed by atoms with E-state index < -0.39 is 5.60 Å². The summed E-state index contributed by atoms with van der Waals surface area (Å²) < 4.78 is 0. The van der Waals surface area contributed by atoms with Crippen molar-refractivity contribution in [2.75, 3.05) is 6.61 Å². The van der Waals surface area contributed by atoms with E-state index in [4.69, 9.17) is 0 Å². The molecule has 126 valence electrons. The van der Waals surface area contributed by atoms with E-state index in [1.54, 1.807) is 0 Å². The predicted octanol–water partition coefficient (Wildman–Crippen LogP) is 4.14. The third-order valence-electron chi connectivity index (χ3n) is 9.23. The van der Waals surface area contributed by atoms with Crippen molar-refractivity contribution < 1.29 is 10.2 Å². The highest BCUT2D eigenvalue weighted by Crippen LogP contribution is 2.74. The fraction of sp³-hybridized carbons (Fsp3) is 1.00. The molecule has 0 aliphatic heterocycles. The van der Waals surface area contributed by atoms with Crippen molar-refractivity contribution in [1.29, 1.82) is 0 Å². The van der Waals surface area contributed by atoms with Gasteiger partial charge in [-0.05, 0) is 92.3 Å². The molecule has 2 N–H and O–H groups in total. The summed E-state index contributed by atoms with van der Waals surface area (Å²) in [5, 5.41) is 21.0. The second kappa shape index (κ2) is 4.51. The zero-order chi connectivity index (χ0) is 15.8. The first-order valence-electron chi connectivity index (χ1n) is 9.61. The summed E-state index contributed by atoms with van der Waals surface area (Å²) in [6, 6.07) is 0. The van der Waals surface area contributed by atoms with E-state index >= 15 is 0 Å². The van der Waals surface area contributed by atoms with Crippen LogP contribution in [0.4, 0.5) is 0 Å². The van der Waals surface area contributed by atoms with E-state index in [-0.39, 0.29) is 5.41 Å². The van der Waals surface area contributed by atoms with Gasteiger partial charge in [-0.3, -0.25) is 0 Å². The number of aliphatic hydroxyl groups is 2. The minimum atomic E-state index is -0.428. The molecule has 4 rings (SSSR count). The molecule has 2 bridgehead atoms. The zero-order valence-electron chi connectivity index (χ0n) is 14.7. The zero-order valence-corrected chi connectivity index (χ0v) is 14.7. The highest BCUT2D eigenvalue weighted by molar-refractivity contribution is 5.17. The average Bonchev–Trinajstić information content (AvgIpc) is 2.87. The molecule has 7 unspecified atom stereocenters. The topological polar surface area (TPSA) is 40.5 Å². The second-order valence-electron chi connectivity index (χ2n) is 10.1. The monoisotopic (exact) mass is 306 g/mol. The van der Waals surface area contributed by atoms with Crippen molar-refractivity contribution >= 4 is 0 Å². The molecule has 4 aliphatic carbocycles. The fourth-order valence-electron chi connectivity index (χ4n) is 8.00. The summed E-state index contributed by atoms with van der Waals surface area (Å²) in [6.45, 7) is 7.37. The van der Waals surface area contributed by atoms with E-state index in [1.807, 2.05) is 0 Å². The molecule has 22 heavy (non-hydrogen) atoms. The van der Waals surface area contributed by atoms with E-state index in [0.717, 1.165) is 6.42 Å². The third-order valence-corrected chi connectivity index (χ3v) is 9.23. The molecule has 4 aliphatic rings. The smallest absolute Gasteiger partial charge is 0.0650 e. The molecule has 0 heterocycles. The first-order chi connectivity index (χ1) is 10.3. The maximum Gasteiger partial charge on any atom is 0.0650 e. The SMILES string of the molecule is CC1(O)CC2CCC3C(C)(CO)CCCC3(C)C23CCC1C3. The highest BCUT2D eigenvalue weighted by atomic mass is 16.3. The van der Waals surface area contributed by atoms with Gasteiger partial charge in [-0.2, -0.15) is 0 Å². The van der Waals surface area contributed by atoms with Gasteiger partial charge in [-0.25, -0.2) is 0 Å². The van der Waals surface area contributed by atoms with Gasteiger partial charge < -0.3 is 10.2 Å². The van der Waals surface area contributed by atoms with Gasteiger partial charge >= 0.3 is 0 Å². The van der Waals surface area contributed by atoms with Crippen LogP contribution in [-0.2, 0) is 0 Å². The maximum atomic E-state index is 10.9. The third kappa shape index (κ3) is 1.69. The van der Waals surface area contributed by atoms with Crippen LogP contribution in [0, 0.1) is 34.0 Å². The standard InChI is InChI=1S/C20H34O2/c1-17(13-21)8-4-9-18(2)16(17)6-5-15-11-19(3,22)14-7-10-20(15,18)12-14/h14-16,21-22H,4-13H2,1-3H3. The van der Waals surface area contributed by atoms with Crippen LogP contribution >= 0.6 is 0 Å². The lowest BCUT2D eigenvalue weighted by molar-refractivity contribution is -0.201. The molecule has 2 heteroatoms. The van der Waals surface area contributed by atoms with Gasteiger partial charge in [-0.15, -0.1) is 0 Å². The van der Waals surface area contributed by atoms with Crippen molar-refractivity contribution in [3.8, 4) is 0 Å². The van der Waals surface area contributed by atoms with Gasteiger partial charge in [0.05, 0.1) is 5.60 Å². The van der Waals surface area contributed by atoms with Crippen LogP contribution in [0.25, 0.3) is 0 Å². The van der Waals surface area contributed by atoms with Crippen LogP contribution in [0.2, 0.25) is 0 Å². The van der Waals surface area contributed by atoms with Gasteiger partial charge in [0.15, 0.2) is 0 Å². The van der Waals surface area contributed by atoms with Gasteiger partial charge in [-0.1, -0.05) is 20.3 Å². The van der Waals surface area contributed by atoms with Crippen molar-refractivity contribution in [3.05, 3.63) is 0 Å². The molecule has 0 aromatic heterocycles. The first kappa shape index (κ1) is 15.4. The Balaban J connectivity index is 1.76. The molecule has 0 saturated heterocycles. The lowest BCUT2D eigenvalue weighted by atomic mass is 9.38. The van der Waals surface area contributed by atoms with Crippen LogP contribution < -0.4 is 0 Å². The van der Waals surface area contributed by atoms with Gasteiger partial charge in [0.25, 0.3) is 0 Å². The van der Waals surface area contributed by atoms with E-state index in [1.165, 1.54) is 51.4 Å². The van der Waals surface area contributed by atoms with Crippen molar-refractivity contribution in [3.63, 3.8) is 0 Å². The number of hydrogen-bond donors (Lipinski definition) is 2. The van der Waals surface area contributed by atoms with Gasteiger partial charge in [0, 0.05) is 6.61 Å². The lowest BCUT2D eigenvalue weighted by Gasteiger charge is -2.67. The number of rotatable bonds is 1. The van der Waals surface area contributed by atoms with Crippen LogP contribution in [0.3, 0.4) is 0 Å². The van der Waals surface area contributed by atoms with Gasteiger partial charge in [0.1, 0.15) is 0 Å². The molecular weight excluding hydrogens is 272 g/mol. The maximum absolute atomic E-state index is 10.9. The molecule has 4 saturated carbocycles. The molecule has 1 spiro atoms. The Bertz CT molecular complexity index is 472. The fourth-order valence-corrected chi connectivity index (χ4v) is 8.00. The molecule has 0 aromatic carbocycles. The molecule has 2 nitrogen and oxygen atoms in total. The highest BCUT2D eigenvalue weighted by Gasteiger charge is 2.68.